The van der Waals surface area contributed by atoms with Crippen LogP contribution in [0.25, 0.3) is 0 Å². The van der Waals surface area contributed by atoms with E-state index >= 15 is 0 Å². The summed E-state index contributed by atoms with van der Waals surface area (Å²) in [6, 6.07) is 15.5. The van der Waals surface area contributed by atoms with Crippen LogP contribution >= 0.6 is 0 Å². The number of carbonyl (C=O) groups is 2. The monoisotopic (exact) mass is 391 g/mol. The van der Waals surface area contributed by atoms with Crippen molar-refractivity contribution in [2.75, 3.05) is 22.7 Å². The number of amides is 2. The molecule has 0 aliphatic carbocycles. The highest BCUT2D eigenvalue weighted by Crippen LogP contribution is 2.32. The van der Waals surface area contributed by atoms with E-state index in [-0.39, 0.29) is 18.6 Å². The van der Waals surface area contributed by atoms with Crippen molar-refractivity contribution in [3.8, 4) is 11.5 Å². The summed E-state index contributed by atoms with van der Waals surface area (Å²) in [6.45, 7) is 1.59. The van der Waals surface area contributed by atoms with E-state index in [2.05, 4.69) is 26.1 Å². The average Bonchev–Trinajstić information content (AvgIpc) is 3.17. The smallest absolute Gasteiger partial charge is 0.257 e. The van der Waals surface area contributed by atoms with Crippen molar-refractivity contribution < 1.29 is 19.1 Å². The Morgan fingerprint density at radius 3 is 2.41 bits per heavy atom. The number of aromatic nitrogens is 2. The van der Waals surface area contributed by atoms with Gasteiger partial charge in [0.2, 0.25) is 12.7 Å². The molecule has 1 aliphatic rings. The number of anilines is 4. The van der Waals surface area contributed by atoms with Crippen LogP contribution in [0.1, 0.15) is 17.3 Å². The maximum atomic E-state index is 12.4. The molecule has 0 unspecified atom stereocenters. The Bertz CT molecular complexity index is 1070. The molecule has 2 heterocycles. The van der Waals surface area contributed by atoms with Gasteiger partial charge in [-0.1, -0.05) is 6.07 Å². The Hall–Kier alpha value is -4.14. The Kier molecular flexibility index (Phi) is 4.93. The van der Waals surface area contributed by atoms with E-state index in [0.29, 0.717) is 34.4 Å². The Morgan fingerprint density at radius 2 is 1.62 bits per heavy atom. The summed E-state index contributed by atoms with van der Waals surface area (Å²) >= 11 is 0. The number of fused-ring (bicyclic) bond motifs is 1. The molecule has 1 aliphatic heterocycles. The molecule has 3 N–H and O–H groups in total. The number of hydrogen-bond donors (Lipinski definition) is 3. The SMILES string of the molecule is CC(=O)Nc1cccc(Nc2ccc(NC(=O)c3ccc4c(c3)OCO4)nn2)c1. The van der Waals surface area contributed by atoms with Crippen LogP contribution in [0.2, 0.25) is 0 Å². The average molecular weight is 391 g/mol. The fourth-order valence-electron chi connectivity index (χ4n) is 2.72. The Morgan fingerprint density at radius 1 is 0.862 bits per heavy atom. The van der Waals surface area contributed by atoms with Gasteiger partial charge in [0.15, 0.2) is 23.1 Å². The number of carbonyl (C=O) groups excluding carboxylic acids is 2. The molecule has 29 heavy (non-hydrogen) atoms. The molecule has 0 atom stereocenters. The summed E-state index contributed by atoms with van der Waals surface area (Å²) in [5.41, 5.74) is 1.83. The van der Waals surface area contributed by atoms with Gasteiger partial charge in [-0.3, -0.25) is 9.59 Å². The summed E-state index contributed by atoms with van der Waals surface area (Å²) in [7, 11) is 0. The van der Waals surface area contributed by atoms with Crippen molar-refractivity contribution in [2.45, 2.75) is 6.92 Å². The van der Waals surface area contributed by atoms with Gasteiger partial charge in [-0.05, 0) is 48.5 Å². The lowest BCUT2D eigenvalue weighted by atomic mass is 10.2. The molecule has 9 heteroatoms. The van der Waals surface area contributed by atoms with Gasteiger partial charge in [-0.25, -0.2) is 0 Å². The number of ether oxygens (including phenoxy) is 2. The van der Waals surface area contributed by atoms with Crippen LogP contribution in [0.15, 0.2) is 54.6 Å². The minimum atomic E-state index is -0.332. The van der Waals surface area contributed by atoms with Crippen LogP contribution in [0.4, 0.5) is 23.0 Å². The van der Waals surface area contributed by atoms with Crippen molar-refractivity contribution in [1.29, 1.82) is 0 Å². The second-order valence-corrected chi connectivity index (χ2v) is 6.21. The molecule has 9 nitrogen and oxygen atoms in total. The molecule has 1 aromatic heterocycles. The molecule has 0 spiro atoms. The molecule has 0 saturated carbocycles. The molecule has 0 bridgehead atoms. The normalized spacial score (nSPS) is 11.6. The van der Waals surface area contributed by atoms with Gasteiger partial charge in [-0.15, -0.1) is 10.2 Å². The zero-order chi connectivity index (χ0) is 20.2. The molecule has 0 fully saturated rings. The van der Waals surface area contributed by atoms with Crippen LogP contribution in [0, 0.1) is 0 Å². The maximum Gasteiger partial charge on any atom is 0.257 e. The van der Waals surface area contributed by atoms with E-state index in [0.717, 1.165) is 5.69 Å². The molecule has 0 saturated heterocycles. The van der Waals surface area contributed by atoms with Crippen molar-refractivity contribution in [1.82, 2.24) is 10.2 Å². The van der Waals surface area contributed by atoms with Gasteiger partial charge in [0.25, 0.3) is 5.91 Å². The summed E-state index contributed by atoms with van der Waals surface area (Å²) in [4.78, 5) is 23.6. The molecule has 3 aromatic rings. The topological polar surface area (TPSA) is 114 Å². The first-order chi connectivity index (χ1) is 14.1. The van der Waals surface area contributed by atoms with E-state index < -0.39 is 0 Å². The molecular weight excluding hydrogens is 374 g/mol. The summed E-state index contributed by atoms with van der Waals surface area (Å²) in [5, 5.41) is 16.6. The molecule has 2 amide bonds. The highest BCUT2D eigenvalue weighted by molar-refractivity contribution is 6.04. The molecule has 4 rings (SSSR count). The highest BCUT2D eigenvalue weighted by Gasteiger charge is 2.16. The number of benzene rings is 2. The number of hydrogen-bond acceptors (Lipinski definition) is 7. The minimum Gasteiger partial charge on any atom is -0.454 e. The van der Waals surface area contributed by atoms with Crippen LogP contribution in [0.3, 0.4) is 0 Å². The zero-order valence-corrected chi connectivity index (χ0v) is 15.4. The largest absolute Gasteiger partial charge is 0.454 e. The minimum absolute atomic E-state index is 0.147. The van der Waals surface area contributed by atoms with Gasteiger partial charge in [0.1, 0.15) is 0 Å². The zero-order valence-electron chi connectivity index (χ0n) is 15.4. The molecule has 146 valence electrons. The van der Waals surface area contributed by atoms with Crippen LogP contribution in [0.5, 0.6) is 11.5 Å². The lowest BCUT2D eigenvalue weighted by molar-refractivity contribution is -0.114. The summed E-state index contributed by atoms with van der Waals surface area (Å²) in [6.07, 6.45) is 0. The van der Waals surface area contributed by atoms with Gasteiger partial charge in [0, 0.05) is 23.9 Å². The first-order valence-electron chi connectivity index (χ1n) is 8.76. The molecule has 2 aromatic carbocycles. The predicted octanol–water partition coefficient (Wildman–Crippen LogP) is 3.16. The third-order valence-corrected chi connectivity index (χ3v) is 4.00. The van der Waals surface area contributed by atoms with Crippen LogP contribution in [-0.4, -0.2) is 28.8 Å². The quantitative estimate of drug-likeness (QED) is 0.612. The van der Waals surface area contributed by atoms with E-state index in [4.69, 9.17) is 9.47 Å². The lowest BCUT2D eigenvalue weighted by Crippen LogP contribution is -2.13. The maximum absolute atomic E-state index is 12.4. The molecule has 0 radical (unpaired) electrons. The van der Waals surface area contributed by atoms with Crippen molar-refractivity contribution in [3.05, 3.63) is 60.2 Å². The fraction of sp³-hybridized carbons (Fsp3) is 0.100. The van der Waals surface area contributed by atoms with Crippen LogP contribution in [-0.2, 0) is 4.79 Å². The summed E-state index contributed by atoms with van der Waals surface area (Å²) < 4.78 is 10.5. The van der Waals surface area contributed by atoms with Crippen molar-refractivity contribution in [2.24, 2.45) is 0 Å². The Labute approximate surface area is 166 Å². The fourth-order valence-corrected chi connectivity index (χ4v) is 2.72. The van der Waals surface area contributed by atoms with Crippen molar-refractivity contribution in [3.63, 3.8) is 0 Å². The van der Waals surface area contributed by atoms with Crippen molar-refractivity contribution >= 4 is 34.8 Å². The van der Waals surface area contributed by atoms with E-state index in [1.807, 2.05) is 6.07 Å². The third-order valence-electron chi connectivity index (χ3n) is 4.00. The van der Waals surface area contributed by atoms with Gasteiger partial charge in [0.05, 0.1) is 0 Å². The van der Waals surface area contributed by atoms with Gasteiger partial charge < -0.3 is 25.4 Å². The van der Waals surface area contributed by atoms with E-state index in [1.54, 1.807) is 48.5 Å². The van der Waals surface area contributed by atoms with E-state index in [1.165, 1.54) is 6.92 Å². The first kappa shape index (κ1) is 18.2. The summed E-state index contributed by atoms with van der Waals surface area (Å²) in [5.74, 6) is 1.46. The number of nitrogens with one attached hydrogen (secondary N) is 3. The standard InChI is InChI=1S/C20H17N5O4/c1-12(26)21-14-3-2-4-15(10-14)22-18-7-8-19(25-24-18)23-20(27)13-5-6-16-17(9-13)29-11-28-16/h2-10H,11H2,1H3,(H,21,26)(H,22,24)(H,23,25,27). The van der Waals surface area contributed by atoms with Crippen LogP contribution < -0.4 is 25.4 Å². The number of nitrogens with zero attached hydrogens (tertiary/aromatic N) is 2. The highest BCUT2D eigenvalue weighted by atomic mass is 16.7. The Balaban J connectivity index is 1.40. The molecular formula is C20H17N5O4. The van der Waals surface area contributed by atoms with Gasteiger partial charge in [-0.2, -0.15) is 0 Å². The lowest BCUT2D eigenvalue weighted by Gasteiger charge is -2.09. The second kappa shape index (κ2) is 7.85. The van der Waals surface area contributed by atoms with Gasteiger partial charge >= 0.3 is 0 Å². The number of rotatable bonds is 5. The third kappa shape index (κ3) is 4.41. The second-order valence-electron chi connectivity index (χ2n) is 6.21. The van der Waals surface area contributed by atoms with E-state index in [9.17, 15) is 9.59 Å². The first-order valence-corrected chi connectivity index (χ1v) is 8.76. The predicted molar refractivity (Wildman–Crippen MR) is 107 cm³/mol.